The number of nitrogens with zero attached hydrogens (tertiary/aromatic N) is 2. The summed E-state index contributed by atoms with van der Waals surface area (Å²) in [5, 5.41) is 11.4. The van der Waals surface area contributed by atoms with Crippen molar-refractivity contribution in [3.05, 3.63) is 0 Å². The van der Waals surface area contributed by atoms with Gasteiger partial charge in [0.2, 0.25) is 0 Å². The number of carbonyl (C=O) groups excluding carboxylic acids is 1. The van der Waals surface area contributed by atoms with Crippen LogP contribution in [0.1, 0.15) is 26.7 Å². The second-order valence-electron chi connectivity index (χ2n) is 5.13. The summed E-state index contributed by atoms with van der Waals surface area (Å²) < 4.78 is 0. The van der Waals surface area contributed by atoms with Crippen molar-refractivity contribution in [2.24, 2.45) is 5.92 Å². The van der Waals surface area contributed by atoms with Gasteiger partial charge in [0.1, 0.15) is 0 Å². The summed E-state index contributed by atoms with van der Waals surface area (Å²) >= 11 is 0. The summed E-state index contributed by atoms with van der Waals surface area (Å²) in [7, 11) is 4.01. The minimum Gasteiger partial charge on any atom is -0.481 e. The highest BCUT2D eigenvalue weighted by molar-refractivity contribution is 5.74. The van der Waals surface area contributed by atoms with Crippen molar-refractivity contribution in [2.45, 2.75) is 26.7 Å². The minimum absolute atomic E-state index is 0.0538. The first-order chi connectivity index (χ1) is 8.86. The average molecular weight is 273 g/mol. The van der Waals surface area contributed by atoms with Crippen molar-refractivity contribution in [3.63, 3.8) is 0 Å². The fraction of sp³-hybridized carbons (Fsp3) is 0.846. The molecule has 0 rings (SSSR count). The van der Waals surface area contributed by atoms with Gasteiger partial charge in [-0.05, 0) is 39.9 Å². The molecule has 1 atom stereocenters. The Morgan fingerprint density at radius 2 is 1.89 bits per heavy atom. The number of aliphatic carboxylic acids is 1. The van der Waals surface area contributed by atoms with Crippen molar-refractivity contribution in [1.82, 2.24) is 15.1 Å². The fourth-order valence-corrected chi connectivity index (χ4v) is 1.72. The fourth-order valence-electron chi connectivity index (χ4n) is 1.72. The lowest BCUT2D eigenvalue weighted by molar-refractivity contribution is -0.137. The van der Waals surface area contributed by atoms with E-state index in [4.69, 9.17) is 5.11 Å². The molecular formula is C13H27N3O3. The van der Waals surface area contributed by atoms with Gasteiger partial charge in [0.25, 0.3) is 0 Å². The van der Waals surface area contributed by atoms with Crippen LogP contribution in [0.15, 0.2) is 0 Å². The zero-order valence-electron chi connectivity index (χ0n) is 12.5. The Morgan fingerprint density at radius 1 is 1.26 bits per heavy atom. The summed E-state index contributed by atoms with van der Waals surface area (Å²) in [5.74, 6) is -0.887. The van der Waals surface area contributed by atoms with Gasteiger partial charge in [0.05, 0.1) is 0 Å². The molecule has 0 heterocycles. The van der Waals surface area contributed by atoms with Gasteiger partial charge in [-0.2, -0.15) is 0 Å². The maximum atomic E-state index is 11.9. The van der Waals surface area contributed by atoms with Crippen LogP contribution in [-0.2, 0) is 4.79 Å². The Labute approximate surface area is 115 Å². The van der Waals surface area contributed by atoms with Gasteiger partial charge in [-0.15, -0.1) is 0 Å². The van der Waals surface area contributed by atoms with Gasteiger partial charge >= 0.3 is 12.0 Å². The minimum atomic E-state index is -0.833. The van der Waals surface area contributed by atoms with E-state index in [1.807, 2.05) is 27.9 Å². The van der Waals surface area contributed by atoms with Crippen LogP contribution in [0.3, 0.4) is 0 Å². The van der Waals surface area contributed by atoms with Crippen molar-refractivity contribution in [1.29, 1.82) is 0 Å². The number of hydrogen-bond acceptors (Lipinski definition) is 3. The highest BCUT2D eigenvalue weighted by Crippen LogP contribution is 2.00. The molecule has 0 aromatic heterocycles. The molecule has 19 heavy (non-hydrogen) atoms. The second-order valence-corrected chi connectivity index (χ2v) is 5.13. The predicted octanol–water partition coefficient (Wildman–Crippen LogP) is 1.08. The zero-order chi connectivity index (χ0) is 14.8. The highest BCUT2D eigenvalue weighted by atomic mass is 16.4. The van der Waals surface area contributed by atoms with E-state index in [9.17, 15) is 9.59 Å². The first-order valence-corrected chi connectivity index (χ1v) is 6.76. The number of carboxylic acid groups (broad SMARTS) is 1. The molecule has 2 amide bonds. The molecule has 0 saturated heterocycles. The van der Waals surface area contributed by atoms with E-state index in [-0.39, 0.29) is 18.4 Å². The summed E-state index contributed by atoms with van der Waals surface area (Å²) in [5.41, 5.74) is 0. The van der Waals surface area contributed by atoms with Gasteiger partial charge in [0.15, 0.2) is 0 Å². The van der Waals surface area contributed by atoms with Crippen LogP contribution in [0.2, 0.25) is 0 Å². The number of carbonyl (C=O) groups is 2. The Bertz CT molecular complexity index is 282. The van der Waals surface area contributed by atoms with Crippen molar-refractivity contribution < 1.29 is 14.7 Å². The number of hydrogen-bond donors (Lipinski definition) is 2. The molecular weight excluding hydrogens is 246 g/mol. The Kier molecular flexibility index (Phi) is 8.95. The molecule has 0 aromatic rings. The number of carboxylic acids is 1. The third kappa shape index (κ3) is 9.30. The molecule has 6 nitrogen and oxygen atoms in total. The van der Waals surface area contributed by atoms with Crippen molar-refractivity contribution >= 4 is 12.0 Å². The molecule has 0 aliphatic heterocycles. The largest absolute Gasteiger partial charge is 0.481 e. The second kappa shape index (κ2) is 9.61. The van der Waals surface area contributed by atoms with E-state index in [0.29, 0.717) is 19.6 Å². The molecule has 2 N–H and O–H groups in total. The summed E-state index contributed by atoms with van der Waals surface area (Å²) in [4.78, 5) is 26.2. The van der Waals surface area contributed by atoms with Crippen LogP contribution in [0.5, 0.6) is 0 Å². The van der Waals surface area contributed by atoms with Gasteiger partial charge < -0.3 is 20.2 Å². The molecule has 6 heteroatoms. The smallest absolute Gasteiger partial charge is 0.317 e. The van der Waals surface area contributed by atoms with Crippen LogP contribution in [0, 0.1) is 5.92 Å². The lowest BCUT2D eigenvalue weighted by atomic mass is 10.1. The van der Waals surface area contributed by atoms with Gasteiger partial charge in [-0.25, -0.2) is 4.79 Å². The SMILES string of the molecule is CCN(CCCN(C)C)C(=O)NCC(C)CC(=O)O. The van der Waals surface area contributed by atoms with Crippen LogP contribution >= 0.6 is 0 Å². The maximum absolute atomic E-state index is 11.9. The highest BCUT2D eigenvalue weighted by Gasteiger charge is 2.13. The molecule has 0 spiro atoms. The summed E-state index contributed by atoms with van der Waals surface area (Å²) in [6.45, 7) is 6.47. The zero-order valence-corrected chi connectivity index (χ0v) is 12.5. The van der Waals surface area contributed by atoms with Crippen molar-refractivity contribution in [2.75, 3.05) is 40.3 Å². The summed E-state index contributed by atoms with van der Waals surface area (Å²) in [6, 6.07) is -0.113. The monoisotopic (exact) mass is 273 g/mol. The Hall–Kier alpha value is -1.30. The van der Waals surface area contributed by atoms with E-state index in [1.165, 1.54) is 0 Å². The number of amides is 2. The van der Waals surface area contributed by atoms with E-state index >= 15 is 0 Å². The maximum Gasteiger partial charge on any atom is 0.317 e. The van der Waals surface area contributed by atoms with Crippen LogP contribution in [0.25, 0.3) is 0 Å². The lowest BCUT2D eigenvalue weighted by Gasteiger charge is -2.23. The topological polar surface area (TPSA) is 72.9 Å². The molecule has 112 valence electrons. The van der Waals surface area contributed by atoms with Crippen LogP contribution in [0.4, 0.5) is 4.79 Å². The van der Waals surface area contributed by atoms with Gasteiger partial charge in [-0.3, -0.25) is 4.79 Å². The third-order valence-electron chi connectivity index (χ3n) is 2.83. The Balaban J connectivity index is 3.97. The van der Waals surface area contributed by atoms with Gasteiger partial charge in [0, 0.05) is 26.1 Å². The van der Waals surface area contributed by atoms with Gasteiger partial charge in [-0.1, -0.05) is 6.92 Å². The van der Waals surface area contributed by atoms with E-state index < -0.39 is 5.97 Å². The number of urea groups is 1. The van der Waals surface area contributed by atoms with E-state index in [2.05, 4.69) is 10.2 Å². The predicted molar refractivity (Wildman–Crippen MR) is 75.2 cm³/mol. The normalized spacial score (nSPS) is 12.3. The standard InChI is InChI=1S/C13H27N3O3/c1-5-16(8-6-7-15(3)4)13(19)14-10-11(2)9-12(17)18/h11H,5-10H2,1-4H3,(H,14,19)(H,17,18). The molecule has 0 aromatic carbocycles. The first kappa shape index (κ1) is 17.7. The van der Waals surface area contributed by atoms with E-state index in [1.54, 1.807) is 4.90 Å². The average Bonchev–Trinajstić information content (AvgIpc) is 2.30. The van der Waals surface area contributed by atoms with E-state index in [0.717, 1.165) is 13.0 Å². The number of nitrogens with one attached hydrogen (secondary N) is 1. The van der Waals surface area contributed by atoms with Crippen molar-refractivity contribution in [3.8, 4) is 0 Å². The lowest BCUT2D eigenvalue weighted by Crippen LogP contribution is -2.42. The number of rotatable bonds is 9. The Morgan fingerprint density at radius 3 is 2.37 bits per heavy atom. The summed E-state index contributed by atoms with van der Waals surface area (Å²) in [6.07, 6.45) is 1.01. The third-order valence-corrected chi connectivity index (χ3v) is 2.83. The molecule has 0 radical (unpaired) electrons. The van der Waals surface area contributed by atoms with Crippen LogP contribution < -0.4 is 5.32 Å². The first-order valence-electron chi connectivity index (χ1n) is 6.76. The molecule has 1 unspecified atom stereocenters. The molecule has 0 aliphatic carbocycles. The molecule has 0 bridgehead atoms. The molecule has 0 fully saturated rings. The molecule has 0 saturated carbocycles. The van der Waals surface area contributed by atoms with Crippen LogP contribution in [-0.4, -0.2) is 67.2 Å². The quantitative estimate of drug-likeness (QED) is 0.659. The molecule has 0 aliphatic rings.